The van der Waals surface area contributed by atoms with Crippen LogP contribution >= 0.6 is 11.3 Å². The number of piperazine rings is 1. The molecule has 1 N–H and O–H groups in total. The highest BCUT2D eigenvalue weighted by Gasteiger charge is 2.26. The predicted molar refractivity (Wildman–Crippen MR) is 80.2 cm³/mol. The molecule has 2 nitrogen and oxygen atoms in total. The number of aryl methyl sites for hydroxylation is 1. The maximum atomic E-state index is 3.54. The SMILES string of the molecule is CCc1ccc(CN2CCNCC2C(C)CC)s1. The van der Waals surface area contributed by atoms with Crippen molar-refractivity contribution in [3.05, 3.63) is 21.9 Å². The Bertz CT molecular complexity index is 361. The van der Waals surface area contributed by atoms with Crippen molar-refractivity contribution >= 4 is 11.3 Å². The molecule has 2 atom stereocenters. The van der Waals surface area contributed by atoms with Crippen molar-refractivity contribution in [3.8, 4) is 0 Å². The van der Waals surface area contributed by atoms with E-state index >= 15 is 0 Å². The fraction of sp³-hybridized carbons (Fsp3) is 0.733. The minimum absolute atomic E-state index is 0.705. The number of nitrogens with zero attached hydrogens (tertiary/aromatic N) is 1. The van der Waals surface area contributed by atoms with Gasteiger partial charge >= 0.3 is 0 Å². The van der Waals surface area contributed by atoms with E-state index in [2.05, 4.69) is 43.1 Å². The lowest BCUT2D eigenvalue weighted by Crippen LogP contribution is -2.53. The van der Waals surface area contributed by atoms with E-state index in [9.17, 15) is 0 Å². The van der Waals surface area contributed by atoms with Gasteiger partial charge in [-0.25, -0.2) is 0 Å². The number of hydrogen-bond donors (Lipinski definition) is 1. The maximum Gasteiger partial charge on any atom is 0.0332 e. The van der Waals surface area contributed by atoms with Gasteiger partial charge in [-0.1, -0.05) is 27.2 Å². The molecule has 1 aromatic rings. The summed E-state index contributed by atoms with van der Waals surface area (Å²) in [4.78, 5) is 5.72. The molecule has 3 heteroatoms. The molecule has 0 saturated carbocycles. The van der Waals surface area contributed by atoms with Crippen molar-refractivity contribution < 1.29 is 0 Å². The van der Waals surface area contributed by atoms with Gasteiger partial charge in [-0.2, -0.15) is 0 Å². The summed E-state index contributed by atoms with van der Waals surface area (Å²) in [6.07, 6.45) is 2.44. The summed E-state index contributed by atoms with van der Waals surface area (Å²) in [7, 11) is 0. The largest absolute Gasteiger partial charge is 0.314 e. The average molecular weight is 266 g/mol. The highest BCUT2D eigenvalue weighted by atomic mass is 32.1. The molecule has 1 aromatic heterocycles. The molecule has 0 bridgehead atoms. The Morgan fingerprint density at radius 1 is 1.39 bits per heavy atom. The van der Waals surface area contributed by atoms with Gasteiger partial charge in [0.2, 0.25) is 0 Å². The van der Waals surface area contributed by atoms with Crippen LogP contribution in [0.4, 0.5) is 0 Å². The van der Waals surface area contributed by atoms with Crippen molar-refractivity contribution in [1.29, 1.82) is 0 Å². The second kappa shape index (κ2) is 6.69. The van der Waals surface area contributed by atoms with Crippen LogP contribution in [0.3, 0.4) is 0 Å². The maximum absolute atomic E-state index is 3.54. The van der Waals surface area contributed by atoms with Crippen molar-refractivity contribution in [2.75, 3.05) is 19.6 Å². The van der Waals surface area contributed by atoms with Crippen molar-refractivity contribution in [2.45, 2.75) is 46.2 Å². The molecular formula is C15H26N2S. The van der Waals surface area contributed by atoms with Gasteiger partial charge in [0.05, 0.1) is 0 Å². The number of rotatable bonds is 5. The highest BCUT2D eigenvalue weighted by molar-refractivity contribution is 7.11. The summed E-state index contributed by atoms with van der Waals surface area (Å²) in [5.41, 5.74) is 0. The van der Waals surface area contributed by atoms with Crippen LogP contribution in [0.25, 0.3) is 0 Å². The van der Waals surface area contributed by atoms with Crippen molar-refractivity contribution in [3.63, 3.8) is 0 Å². The summed E-state index contributed by atoms with van der Waals surface area (Å²) in [5, 5.41) is 3.54. The number of hydrogen-bond acceptors (Lipinski definition) is 3. The molecule has 1 aliphatic heterocycles. The summed E-state index contributed by atoms with van der Waals surface area (Å²) in [6.45, 7) is 11.5. The molecule has 1 saturated heterocycles. The summed E-state index contributed by atoms with van der Waals surface area (Å²) in [6, 6.07) is 5.32. The van der Waals surface area contributed by atoms with E-state index in [4.69, 9.17) is 0 Å². The van der Waals surface area contributed by atoms with Crippen LogP contribution in [-0.4, -0.2) is 30.6 Å². The summed E-state index contributed by atoms with van der Waals surface area (Å²) >= 11 is 1.99. The van der Waals surface area contributed by atoms with E-state index in [0.717, 1.165) is 25.6 Å². The van der Waals surface area contributed by atoms with Crippen LogP contribution in [0.2, 0.25) is 0 Å². The molecule has 0 amide bonds. The van der Waals surface area contributed by atoms with Crippen LogP contribution in [-0.2, 0) is 13.0 Å². The molecule has 2 unspecified atom stereocenters. The second-order valence-corrected chi connectivity index (χ2v) is 6.60. The van der Waals surface area contributed by atoms with Crippen LogP contribution in [0, 0.1) is 5.92 Å². The Hall–Kier alpha value is -0.380. The molecule has 0 aromatic carbocycles. The first kappa shape index (κ1) is 14.0. The molecule has 0 aliphatic carbocycles. The van der Waals surface area contributed by atoms with E-state index in [-0.39, 0.29) is 0 Å². The Labute approximate surface area is 115 Å². The number of thiophene rings is 1. The zero-order chi connectivity index (χ0) is 13.0. The Balaban J connectivity index is 2.00. The summed E-state index contributed by atoms with van der Waals surface area (Å²) < 4.78 is 0. The standard InChI is InChI=1S/C15H26N2S/c1-4-12(3)15-10-16-8-9-17(15)11-14-7-6-13(5-2)18-14/h6-7,12,15-16H,4-5,8-11H2,1-3H3. The molecule has 2 rings (SSSR count). The molecule has 0 spiro atoms. The quantitative estimate of drug-likeness (QED) is 0.881. The third-order valence-electron chi connectivity index (χ3n) is 4.12. The topological polar surface area (TPSA) is 15.3 Å². The fourth-order valence-electron chi connectivity index (χ4n) is 2.69. The van der Waals surface area contributed by atoms with Crippen LogP contribution in [0.5, 0.6) is 0 Å². The molecule has 2 heterocycles. The van der Waals surface area contributed by atoms with Gasteiger partial charge < -0.3 is 5.32 Å². The first-order valence-corrected chi connectivity index (χ1v) is 8.08. The monoisotopic (exact) mass is 266 g/mol. The average Bonchev–Trinajstić information content (AvgIpc) is 2.86. The Morgan fingerprint density at radius 3 is 2.83 bits per heavy atom. The Morgan fingerprint density at radius 2 is 2.17 bits per heavy atom. The minimum Gasteiger partial charge on any atom is -0.314 e. The Kier molecular flexibility index (Phi) is 5.22. The molecule has 1 aliphatic rings. The molecule has 18 heavy (non-hydrogen) atoms. The molecular weight excluding hydrogens is 240 g/mol. The lowest BCUT2D eigenvalue weighted by atomic mass is 9.96. The van der Waals surface area contributed by atoms with Gasteiger partial charge in [0, 0.05) is 42.0 Å². The van der Waals surface area contributed by atoms with Gasteiger partial charge in [-0.3, -0.25) is 4.90 Å². The second-order valence-electron chi connectivity index (χ2n) is 5.35. The van der Waals surface area contributed by atoms with Gasteiger partial charge in [0.25, 0.3) is 0 Å². The van der Waals surface area contributed by atoms with Crippen molar-refractivity contribution in [1.82, 2.24) is 10.2 Å². The van der Waals surface area contributed by atoms with E-state index in [1.165, 1.54) is 29.1 Å². The van der Waals surface area contributed by atoms with Crippen LogP contribution in [0.1, 0.15) is 36.9 Å². The van der Waals surface area contributed by atoms with E-state index < -0.39 is 0 Å². The van der Waals surface area contributed by atoms with E-state index in [1.54, 1.807) is 0 Å². The van der Waals surface area contributed by atoms with Crippen LogP contribution in [0.15, 0.2) is 12.1 Å². The minimum atomic E-state index is 0.705. The molecule has 102 valence electrons. The molecule has 0 radical (unpaired) electrons. The fourth-order valence-corrected chi connectivity index (χ4v) is 3.68. The predicted octanol–water partition coefficient (Wildman–Crippen LogP) is 3.13. The normalized spacial score (nSPS) is 23.2. The first-order valence-electron chi connectivity index (χ1n) is 7.27. The van der Waals surface area contributed by atoms with E-state index in [1.807, 2.05) is 11.3 Å². The lowest BCUT2D eigenvalue weighted by molar-refractivity contribution is 0.110. The third kappa shape index (κ3) is 3.34. The zero-order valence-corrected chi connectivity index (χ0v) is 12.7. The zero-order valence-electron chi connectivity index (χ0n) is 11.9. The highest BCUT2D eigenvalue weighted by Crippen LogP contribution is 2.23. The number of nitrogens with one attached hydrogen (secondary N) is 1. The molecule has 1 fully saturated rings. The smallest absolute Gasteiger partial charge is 0.0332 e. The lowest BCUT2D eigenvalue weighted by Gasteiger charge is -2.39. The van der Waals surface area contributed by atoms with Crippen molar-refractivity contribution in [2.24, 2.45) is 5.92 Å². The third-order valence-corrected chi connectivity index (χ3v) is 5.34. The summed E-state index contributed by atoms with van der Waals surface area (Å²) in [5.74, 6) is 0.781. The van der Waals surface area contributed by atoms with Gasteiger partial charge in [-0.15, -0.1) is 11.3 Å². The van der Waals surface area contributed by atoms with Gasteiger partial charge in [0.15, 0.2) is 0 Å². The van der Waals surface area contributed by atoms with Gasteiger partial charge in [0.1, 0.15) is 0 Å². The van der Waals surface area contributed by atoms with Gasteiger partial charge in [-0.05, 0) is 24.5 Å². The first-order chi connectivity index (χ1) is 8.74. The van der Waals surface area contributed by atoms with E-state index in [0.29, 0.717) is 6.04 Å². The van der Waals surface area contributed by atoms with Crippen LogP contribution < -0.4 is 5.32 Å².